The summed E-state index contributed by atoms with van der Waals surface area (Å²) in [6.07, 6.45) is 0.0660. The average molecular weight is 382 g/mol. The summed E-state index contributed by atoms with van der Waals surface area (Å²) in [7, 11) is 0. The van der Waals surface area contributed by atoms with Crippen LogP contribution < -0.4 is 4.74 Å². The maximum absolute atomic E-state index is 11.9. The highest BCUT2D eigenvalue weighted by atomic mass is 16.6. The van der Waals surface area contributed by atoms with Gasteiger partial charge in [0.15, 0.2) is 0 Å². The van der Waals surface area contributed by atoms with Gasteiger partial charge in [-0.2, -0.15) is 0 Å². The summed E-state index contributed by atoms with van der Waals surface area (Å²) in [6, 6.07) is 12.0. The summed E-state index contributed by atoms with van der Waals surface area (Å²) in [6.45, 7) is 3.44. The van der Waals surface area contributed by atoms with E-state index >= 15 is 0 Å². The Kier molecular flexibility index (Phi) is 4.31. The van der Waals surface area contributed by atoms with Crippen LogP contribution in [-0.2, 0) is 22.4 Å². The fraction of sp³-hybridized carbons (Fsp3) is 0.318. The summed E-state index contributed by atoms with van der Waals surface area (Å²) in [4.78, 5) is 11.9. The fourth-order valence-corrected chi connectivity index (χ4v) is 3.65. The van der Waals surface area contributed by atoms with Crippen LogP contribution in [0.25, 0.3) is 5.57 Å². The monoisotopic (exact) mass is 382 g/mol. The number of phenolic OH excluding ortho intramolecular Hbond substituents is 1. The Morgan fingerprint density at radius 1 is 1.07 bits per heavy atom. The number of aromatic hydroxyl groups is 1. The van der Waals surface area contributed by atoms with Crippen molar-refractivity contribution >= 4 is 11.5 Å². The van der Waals surface area contributed by atoms with E-state index in [2.05, 4.69) is 0 Å². The SMILES string of the molecule is CC(C)(O)C1Cc2cc(C[C@H]3OC(=O)C(O)=C3c3ccc(O)cc3)ccc2O1. The van der Waals surface area contributed by atoms with E-state index in [-0.39, 0.29) is 11.9 Å². The van der Waals surface area contributed by atoms with Crippen molar-refractivity contribution in [2.75, 3.05) is 0 Å². The number of aliphatic hydroxyl groups excluding tert-OH is 1. The van der Waals surface area contributed by atoms with Gasteiger partial charge in [-0.1, -0.05) is 24.3 Å². The molecule has 4 rings (SSSR count). The van der Waals surface area contributed by atoms with Gasteiger partial charge in [-0.3, -0.25) is 0 Å². The minimum atomic E-state index is -0.944. The zero-order valence-corrected chi connectivity index (χ0v) is 15.7. The number of carbonyl (C=O) groups excluding carboxylic acids is 1. The highest BCUT2D eigenvalue weighted by Gasteiger charge is 2.37. The Balaban J connectivity index is 1.58. The lowest BCUT2D eigenvalue weighted by Gasteiger charge is -2.24. The van der Waals surface area contributed by atoms with E-state index in [0.717, 1.165) is 16.9 Å². The molecule has 1 unspecified atom stereocenters. The zero-order chi connectivity index (χ0) is 20.1. The summed E-state index contributed by atoms with van der Waals surface area (Å²) in [5, 5.41) is 29.9. The second-order valence-corrected chi connectivity index (χ2v) is 7.81. The van der Waals surface area contributed by atoms with Gasteiger partial charge in [0.05, 0.1) is 5.60 Å². The van der Waals surface area contributed by atoms with Gasteiger partial charge < -0.3 is 24.8 Å². The molecule has 0 radical (unpaired) electrons. The third-order valence-electron chi connectivity index (χ3n) is 5.21. The molecule has 0 bridgehead atoms. The van der Waals surface area contributed by atoms with Crippen LogP contribution in [0.1, 0.15) is 30.5 Å². The van der Waals surface area contributed by atoms with Crippen LogP contribution >= 0.6 is 0 Å². The van der Waals surface area contributed by atoms with Crippen LogP contribution in [0, 0.1) is 0 Å². The molecule has 28 heavy (non-hydrogen) atoms. The van der Waals surface area contributed by atoms with E-state index in [4.69, 9.17) is 9.47 Å². The average Bonchev–Trinajstić information content (AvgIpc) is 3.17. The molecule has 0 saturated carbocycles. The number of hydrogen-bond donors (Lipinski definition) is 3. The number of fused-ring (bicyclic) bond motifs is 1. The third kappa shape index (κ3) is 3.31. The van der Waals surface area contributed by atoms with E-state index in [9.17, 15) is 20.1 Å². The summed E-state index contributed by atoms with van der Waals surface area (Å²) in [5.74, 6) is -0.302. The van der Waals surface area contributed by atoms with Crippen molar-refractivity contribution < 1.29 is 29.6 Å². The van der Waals surface area contributed by atoms with Gasteiger partial charge in [0.1, 0.15) is 23.7 Å². The van der Waals surface area contributed by atoms with Gasteiger partial charge in [-0.25, -0.2) is 4.79 Å². The molecule has 6 heteroatoms. The largest absolute Gasteiger partial charge is 0.508 e. The van der Waals surface area contributed by atoms with Crippen LogP contribution in [0.3, 0.4) is 0 Å². The molecule has 146 valence electrons. The Hall–Kier alpha value is -2.99. The normalized spacial score (nSPS) is 21.5. The predicted octanol–water partition coefficient (Wildman–Crippen LogP) is 2.90. The molecule has 0 amide bonds. The van der Waals surface area contributed by atoms with Crippen LogP contribution in [0.5, 0.6) is 11.5 Å². The number of aliphatic hydroxyl groups is 2. The number of cyclic esters (lactones) is 1. The van der Waals surface area contributed by atoms with Crippen molar-refractivity contribution in [3.8, 4) is 11.5 Å². The lowest BCUT2D eigenvalue weighted by molar-refractivity contribution is -0.141. The number of benzene rings is 2. The molecule has 3 N–H and O–H groups in total. The van der Waals surface area contributed by atoms with Crippen molar-refractivity contribution in [2.24, 2.45) is 0 Å². The molecular formula is C22H22O6. The van der Waals surface area contributed by atoms with E-state index < -0.39 is 23.4 Å². The van der Waals surface area contributed by atoms with Crippen LogP contribution in [0.15, 0.2) is 48.2 Å². The Morgan fingerprint density at radius 2 is 1.79 bits per heavy atom. The highest BCUT2D eigenvalue weighted by Crippen LogP contribution is 2.36. The molecule has 2 aliphatic heterocycles. The molecule has 2 aliphatic rings. The van der Waals surface area contributed by atoms with Crippen molar-refractivity contribution in [1.29, 1.82) is 0 Å². The molecule has 0 saturated heterocycles. The maximum atomic E-state index is 11.9. The van der Waals surface area contributed by atoms with Crippen LogP contribution in [0.4, 0.5) is 0 Å². The smallest absolute Gasteiger partial charge is 0.374 e. The Morgan fingerprint density at radius 3 is 2.46 bits per heavy atom. The van der Waals surface area contributed by atoms with Gasteiger partial charge in [0.2, 0.25) is 5.76 Å². The first-order valence-electron chi connectivity index (χ1n) is 9.16. The minimum absolute atomic E-state index is 0.102. The second kappa shape index (κ2) is 6.56. The lowest BCUT2D eigenvalue weighted by Crippen LogP contribution is -2.39. The topological polar surface area (TPSA) is 96.2 Å². The summed E-state index contributed by atoms with van der Waals surface area (Å²) >= 11 is 0. The van der Waals surface area contributed by atoms with Gasteiger partial charge in [-0.05, 0) is 48.7 Å². The molecule has 0 aliphatic carbocycles. The van der Waals surface area contributed by atoms with E-state index in [1.54, 1.807) is 26.0 Å². The molecule has 0 aromatic heterocycles. The highest BCUT2D eigenvalue weighted by molar-refractivity contribution is 6.00. The predicted molar refractivity (Wildman–Crippen MR) is 102 cm³/mol. The first-order chi connectivity index (χ1) is 13.2. The first-order valence-corrected chi connectivity index (χ1v) is 9.16. The molecule has 2 atom stereocenters. The number of esters is 1. The molecular weight excluding hydrogens is 360 g/mol. The minimum Gasteiger partial charge on any atom is -0.508 e. The molecule has 0 fully saturated rings. The van der Waals surface area contributed by atoms with E-state index in [1.165, 1.54) is 12.1 Å². The van der Waals surface area contributed by atoms with Crippen LogP contribution in [-0.4, -0.2) is 39.1 Å². The van der Waals surface area contributed by atoms with Crippen molar-refractivity contribution in [3.63, 3.8) is 0 Å². The quantitative estimate of drug-likeness (QED) is 0.704. The molecule has 2 heterocycles. The Labute approximate surface area is 162 Å². The molecule has 2 aromatic rings. The zero-order valence-electron chi connectivity index (χ0n) is 15.7. The van der Waals surface area contributed by atoms with Gasteiger partial charge in [-0.15, -0.1) is 0 Å². The van der Waals surface area contributed by atoms with E-state index in [0.29, 0.717) is 24.0 Å². The van der Waals surface area contributed by atoms with Crippen molar-refractivity contribution in [2.45, 2.75) is 44.5 Å². The third-order valence-corrected chi connectivity index (χ3v) is 5.21. The van der Waals surface area contributed by atoms with Crippen molar-refractivity contribution in [3.05, 3.63) is 64.9 Å². The van der Waals surface area contributed by atoms with Gasteiger partial charge in [0.25, 0.3) is 0 Å². The number of rotatable bonds is 4. The summed E-state index contributed by atoms with van der Waals surface area (Å²) < 4.78 is 11.2. The fourth-order valence-electron chi connectivity index (χ4n) is 3.65. The summed E-state index contributed by atoms with van der Waals surface area (Å²) in [5.41, 5.74) is 2.02. The van der Waals surface area contributed by atoms with Gasteiger partial charge >= 0.3 is 5.97 Å². The lowest BCUT2D eigenvalue weighted by atomic mass is 9.93. The Bertz CT molecular complexity index is 952. The van der Waals surface area contributed by atoms with Crippen LogP contribution in [0.2, 0.25) is 0 Å². The second-order valence-electron chi connectivity index (χ2n) is 7.81. The van der Waals surface area contributed by atoms with Crippen molar-refractivity contribution in [1.82, 2.24) is 0 Å². The standard InChI is InChI=1S/C22H22O6/c1-22(2,26)18-11-14-9-12(3-8-16(14)27-18)10-17-19(20(24)21(25)28-17)13-4-6-15(23)7-5-13/h3-9,17-18,23-24,26H,10-11H2,1-2H3/t17-,18?/m1/s1. The first kappa shape index (κ1) is 18.4. The number of phenols is 1. The van der Waals surface area contributed by atoms with E-state index in [1.807, 2.05) is 18.2 Å². The van der Waals surface area contributed by atoms with Gasteiger partial charge in [0, 0.05) is 18.4 Å². The number of hydrogen-bond acceptors (Lipinski definition) is 6. The maximum Gasteiger partial charge on any atom is 0.374 e. The molecule has 6 nitrogen and oxygen atoms in total. The number of carbonyl (C=O) groups is 1. The number of ether oxygens (including phenoxy) is 2. The molecule has 2 aromatic carbocycles. The molecule has 0 spiro atoms.